The van der Waals surface area contributed by atoms with E-state index in [1.165, 1.54) is 18.2 Å². The molecule has 0 unspecified atom stereocenters. The largest absolute Gasteiger partial charge is 0.503 e. The Morgan fingerprint density at radius 2 is 1.63 bits per heavy atom. The number of nitrogens with zero attached hydrogens (tertiary/aromatic N) is 1. The van der Waals surface area contributed by atoms with Crippen molar-refractivity contribution in [3.8, 4) is 0 Å². The minimum atomic E-state index is -5.87. The van der Waals surface area contributed by atoms with Crippen LogP contribution in [0.1, 0.15) is 31.1 Å². The molecule has 164 valence electrons. The van der Waals surface area contributed by atoms with Crippen molar-refractivity contribution in [2.75, 3.05) is 5.32 Å². The summed E-state index contributed by atoms with van der Waals surface area (Å²) in [5.74, 6) is -1.20. The summed E-state index contributed by atoms with van der Waals surface area (Å²) >= 11 is 0. The Balaban J connectivity index is 2.40. The number of benzene rings is 1. The highest BCUT2D eigenvalue weighted by molar-refractivity contribution is 7.92. The van der Waals surface area contributed by atoms with Crippen LogP contribution in [-0.2, 0) is 19.9 Å². The Hall–Kier alpha value is -2.51. The summed E-state index contributed by atoms with van der Waals surface area (Å²) in [4.78, 5) is 15.4. The zero-order chi connectivity index (χ0) is 23.0. The van der Waals surface area contributed by atoms with E-state index in [1.54, 1.807) is 20.8 Å². The van der Waals surface area contributed by atoms with Crippen molar-refractivity contribution in [3.63, 3.8) is 0 Å². The number of hydrogen-bond donors (Lipinski definition) is 2. The summed E-state index contributed by atoms with van der Waals surface area (Å²) in [5.41, 5.74) is -7.34. The van der Waals surface area contributed by atoms with E-state index in [1.807, 2.05) is 0 Å². The number of halogens is 3. The van der Waals surface area contributed by atoms with Crippen molar-refractivity contribution in [1.82, 2.24) is 9.71 Å². The van der Waals surface area contributed by atoms with E-state index < -0.39 is 47.4 Å². The number of alkyl halides is 3. The van der Waals surface area contributed by atoms with Gasteiger partial charge in [0.1, 0.15) is 0 Å². The molecule has 0 spiro atoms. The fraction of sp³-hybridized carbons (Fsp3) is 0.294. The highest BCUT2D eigenvalue weighted by Gasteiger charge is 2.49. The standard InChI is InChI=1S/C17H18F3N3O5S2/c1-16(2,3)23-30(27,28)12-7-4-6-11(10-12)22-14(24)13-8-5-9-21-15(13)29(25,26)17(18,19)20/h4-10,23H,1-3H3,(H,22,24). The van der Waals surface area contributed by atoms with Crippen LogP contribution in [0.25, 0.3) is 0 Å². The molecule has 1 heterocycles. The van der Waals surface area contributed by atoms with Crippen LogP contribution >= 0.6 is 0 Å². The number of sulfone groups is 1. The van der Waals surface area contributed by atoms with E-state index in [4.69, 9.17) is 0 Å². The first-order chi connectivity index (χ1) is 13.5. The van der Waals surface area contributed by atoms with Crippen LogP contribution in [-0.4, -0.2) is 38.8 Å². The van der Waals surface area contributed by atoms with Gasteiger partial charge in [0, 0.05) is 17.4 Å². The lowest BCUT2D eigenvalue weighted by atomic mass is 10.1. The summed E-state index contributed by atoms with van der Waals surface area (Å²) in [6.45, 7) is 4.88. The van der Waals surface area contributed by atoms with Crippen molar-refractivity contribution in [2.45, 2.75) is 41.7 Å². The zero-order valence-corrected chi connectivity index (χ0v) is 17.6. The van der Waals surface area contributed by atoms with Gasteiger partial charge < -0.3 is 5.32 Å². The second-order valence-electron chi connectivity index (χ2n) is 7.14. The Morgan fingerprint density at radius 1 is 1.00 bits per heavy atom. The van der Waals surface area contributed by atoms with Crippen LogP contribution in [0.2, 0.25) is 0 Å². The fourth-order valence-corrected chi connectivity index (χ4v) is 4.62. The van der Waals surface area contributed by atoms with Gasteiger partial charge in [0.2, 0.25) is 10.0 Å². The van der Waals surface area contributed by atoms with E-state index >= 15 is 0 Å². The summed E-state index contributed by atoms with van der Waals surface area (Å²) in [6, 6.07) is 6.90. The van der Waals surface area contributed by atoms with Crippen molar-refractivity contribution in [3.05, 3.63) is 48.2 Å². The molecule has 1 aromatic carbocycles. The summed E-state index contributed by atoms with van der Waals surface area (Å²) in [7, 11) is -9.82. The lowest BCUT2D eigenvalue weighted by Gasteiger charge is -2.20. The number of aromatic nitrogens is 1. The molecular formula is C17H18F3N3O5S2. The molecule has 13 heteroatoms. The number of hydrogen-bond acceptors (Lipinski definition) is 6. The summed E-state index contributed by atoms with van der Waals surface area (Å²) < 4.78 is 89.3. The molecule has 1 aromatic heterocycles. The molecule has 0 aliphatic rings. The van der Waals surface area contributed by atoms with Crippen molar-refractivity contribution < 1.29 is 34.8 Å². The molecule has 2 N–H and O–H groups in total. The maximum absolute atomic E-state index is 12.9. The number of carbonyl (C=O) groups is 1. The van der Waals surface area contributed by atoms with Crippen molar-refractivity contribution in [1.29, 1.82) is 0 Å². The number of anilines is 1. The van der Waals surface area contributed by atoms with E-state index in [0.717, 1.165) is 24.4 Å². The van der Waals surface area contributed by atoms with Crippen molar-refractivity contribution in [2.24, 2.45) is 0 Å². The van der Waals surface area contributed by atoms with E-state index in [9.17, 15) is 34.8 Å². The second-order valence-corrected chi connectivity index (χ2v) is 10.7. The van der Waals surface area contributed by atoms with E-state index in [2.05, 4.69) is 15.0 Å². The predicted molar refractivity (Wildman–Crippen MR) is 102 cm³/mol. The Morgan fingerprint density at radius 3 is 2.20 bits per heavy atom. The Kier molecular flexibility index (Phi) is 6.31. The quantitative estimate of drug-likeness (QED) is 0.700. The van der Waals surface area contributed by atoms with Gasteiger partial charge in [-0.15, -0.1) is 0 Å². The highest BCUT2D eigenvalue weighted by Crippen LogP contribution is 2.31. The zero-order valence-electron chi connectivity index (χ0n) is 16.0. The van der Waals surface area contributed by atoms with Gasteiger partial charge in [-0.1, -0.05) is 6.07 Å². The summed E-state index contributed by atoms with van der Waals surface area (Å²) in [5, 5.41) is 0.744. The number of rotatable bonds is 5. The van der Waals surface area contributed by atoms with Crippen LogP contribution in [0.15, 0.2) is 52.5 Å². The molecule has 0 atom stereocenters. The average Bonchev–Trinajstić information content (AvgIpc) is 2.59. The molecule has 1 amide bonds. The Bertz CT molecular complexity index is 1170. The predicted octanol–water partition coefficient (Wildman–Crippen LogP) is 2.70. The van der Waals surface area contributed by atoms with Crippen LogP contribution < -0.4 is 10.0 Å². The van der Waals surface area contributed by atoms with E-state index in [-0.39, 0.29) is 10.6 Å². The number of carbonyl (C=O) groups excluding carboxylic acids is 1. The SMILES string of the molecule is CC(C)(C)NS(=O)(=O)c1cccc(NC(=O)c2cccnc2S(=O)(=O)C(F)(F)F)c1. The van der Waals surface area contributed by atoms with Gasteiger partial charge >= 0.3 is 5.51 Å². The number of nitrogens with one attached hydrogen (secondary N) is 2. The Labute approximate surface area is 171 Å². The van der Waals surface area contributed by atoms with Gasteiger partial charge in [-0.2, -0.15) is 13.2 Å². The van der Waals surface area contributed by atoms with Gasteiger partial charge in [0.25, 0.3) is 15.7 Å². The molecule has 0 radical (unpaired) electrons. The molecule has 30 heavy (non-hydrogen) atoms. The molecule has 0 saturated heterocycles. The summed E-state index contributed by atoms with van der Waals surface area (Å²) in [6.07, 6.45) is 0.806. The lowest BCUT2D eigenvalue weighted by molar-refractivity contribution is -0.0438. The van der Waals surface area contributed by atoms with Crippen LogP contribution in [0.3, 0.4) is 0 Å². The molecule has 2 rings (SSSR count). The van der Waals surface area contributed by atoms with Crippen LogP contribution in [0.5, 0.6) is 0 Å². The first-order valence-corrected chi connectivity index (χ1v) is 11.2. The first-order valence-electron chi connectivity index (χ1n) is 8.26. The van der Waals surface area contributed by atoms with Gasteiger partial charge in [-0.05, 0) is 51.1 Å². The fourth-order valence-electron chi connectivity index (χ4n) is 2.29. The topological polar surface area (TPSA) is 122 Å². The number of pyridine rings is 1. The minimum Gasteiger partial charge on any atom is -0.322 e. The van der Waals surface area contributed by atoms with Crippen LogP contribution in [0.4, 0.5) is 18.9 Å². The molecule has 0 aliphatic heterocycles. The minimum absolute atomic E-state index is 0.0732. The average molecular weight is 465 g/mol. The molecule has 8 nitrogen and oxygen atoms in total. The second kappa shape index (κ2) is 7.96. The maximum atomic E-state index is 12.9. The normalized spacial score (nSPS) is 13.1. The maximum Gasteiger partial charge on any atom is 0.503 e. The molecule has 0 fully saturated rings. The van der Waals surface area contributed by atoms with Gasteiger partial charge in [-0.25, -0.2) is 26.5 Å². The monoisotopic (exact) mass is 465 g/mol. The van der Waals surface area contributed by atoms with E-state index in [0.29, 0.717) is 0 Å². The third kappa shape index (κ3) is 5.34. The number of amides is 1. The first kappa shape index (κ1) is 23.8. The molecular weight excluding hydrogens is 447 g/mol. The smallest absolute Gasteiger partial charge is 0.322 e. The van der Waals surface area contributed by atoms with Crippen molar-refractivity contribution >= 4 is 31.5 Å². The van der Waals surface area contributed by atoms with Gasteiger partial charge in [0.15, 0.2) is 5.03 Å². The molecule has 0 bridgehead atoms. The molecule has 0 saturated carbocycles. The lowest BCUT2D eigenvalue weighted by Crippen LogP contribution is -2.40. The third-order valence-electron chi connectivity index (χ3n) is 3.42. The van der Waals surface area contributed by atoms with Gasteiger partial charge in [0.05, 0.1) is 10.5 Å². The molecule has 0 aliphatic carbocycles. The third-order valence-corrected chi connectivity index (χ3v) is 6.62. The highest BCUT2D eigenvalue weighted by atomic mass is 32.2. The molecule has 2 aromatic rings. The van der Waals surface area contributed by atoms with Gasteiger partial charge in [-0.3, -0.25) is 4.79 Å². The van der Waals surface area contributed by atoms with Crippen LogP contribution in [0, 0.1) is 0 Å². The number of sulfonamides is 1.